The SMILES string of the molecule is O=C(CN1C[C@@H](F)C[C@H]1CO)N1CCN(c2ccc(F)cc2)CC1. The predicted molar refractivity (Wildman–Crippen MR) is 87.2 cm³/mol. The molecule has 5 nitrogen and oxygen atoms in total. The van der Waals surface area contributed by atoms with Crippen molar-refractivity contribution in [1.29, 1.82) is 0 Å². The summed E-state index contributed by atoms with van der Waals surface area (Å²) in [7, 11) is 0. The quantitative estimate of drug-likeness (QED) is 0.885. The molecule has 0 spiro atoms. The van der Waals surface area contributed by atoms with Crippen LogP contribution < -0.4 is 4.90 Å². The Morgan fingerprint density at radius 1 is 1.17 bits per heavy atom. The molecule has 1 aromatic rings. The molecule has 3 rings (SSSR count). The van der Waals surface area contributed by atoms with Crippen LogP contribution in [-0.2, 0) is 4.79 Å². The monoisotopic (exact) mass is 339 g/mol. The number of hydrogen-bond donors (Lipinski definition) is 1. The highest BCUT2D eigenvalue weighted by molar-refractivity contribution is 5.78. The van der Waals surface area contributed by atoms with E-state index < -0.39 is 6.17 Å². The van der Waals surface area contributed by atoms with Crippen LogP contribution in [0.2, 0.25) is 0 Å². The van der Waals surface area contributed by atoms with E-state index in [4.69, 9.17) is 0 Å². The number of hydrogen-bond acceptors (Lipinski definition) is 4. The van der Waals surface area contributed by atoms with Crippen LogP contribution in [0.5, 0.6) is 0 Å². The summed E-state index contributed by atoms with van der Waals surface area (Å²) in [6.45, 7) is 2.81. The molecule has 2 aliphatic rings. The van der Waals surface area contributed by atoms with E-state index in [9.17, 15) is 18.7 Å². The van der Waals surface area contributed by atoms with E-state index >= 15 is 0 Å². The van der Waals surface area contributed by atoms with Gasteiger partial charge in [0.05, 0.1) is 13.2 Å². The van der Waals surface area contributed by atoms with Crippen LogP contribution in [0.15, 0.2) is 24.3 Å². The summed E-state index contributed by atoms with van der Waals surface area (Å²) in [5.74, 6) is -0.288. The van der Waals surface area contributed by atoms with E-state index in [-0.39, 0.29) is 37.5 Å². The number of anilines is 1. The zero-order valence-electron chi connectivity index (χ0n) is 13.6. The summed E-state index contributed by atoms with van der Waals surface area (Å²) >= 11 is 0. The number of amides is 1. The molecule has 0 unspecified atom stereocenters. The minimum atomic E-state index is -0.967. The fourth-order valence-electron chi connectivity index (χ4n) is 3.45. The fraction of sp³-hybridized carbons (Fsp3) is 0.588. The third-order valence-corrected chi connectivity index (χ3v) is 4.85. The molecule has 0 bridgehead atoms. The number of nitrogens with zero attached hydrogens (tertiary/aromatic N) is 3. The van der Waals surface area contributed by atoms with Crippen molar-refractivity contribution in [2.45, 2.75) is 18.6 Å². The van der Waals surface area contributed by atoms with Gasteiger partial charge in [0.15, 0.2) is 0 Å². The van der Waals surface area contributed by atoms with Crippen molar-refractivity contribution in [3.05, 3.63) is 30.1 Å². The van der Waals surface area contributed by atoms with Crippen molar-refractivity contribution in [3.8, 4) is 0 Å². The second kappa shape index (κ2) is 7.44. The number of piperazine rings is 1. The molecule has 2 saturated heterocycles. The standard InChI is InChI=1S/C17H23F2N3O2/c18-13-1-3-15(4-2-13)20-5-7-21(8-6-20)17(24)11-22-10-14(19)9-16(22)12-23/h1-4,14,16,23H,5-12H2/t14-,16-/m0/s1. The van der Waals surface area contributed by atoms with Crippen molar-refractivity contribution in [1.82, 2.24) is 9.80 Å². The second-order valence-electron chi connectivity index (χ2n) is 6.44. The smallest absolute Gasteiger partial charge is 0.236 e. The predicted octanol–water partition coefficient (Wildman–Crippen LogP) is 0.879. The Balaban J connectivity index is 1.51. The van der Waals surface area contributed by atoms with Gasteiger partial charge in [-0.2, -0.15) is 0 Å². The zero-order chi connectivity index (χ0) is 17.1. The largest absolute Gasteiger partial charge is 0.395 e. The summed E-state index contributed by atoms with van der Waals surface area (Å²) in [5, 5.41) is 9.29. The Hall–Kier alpha value is -1.73. The van der Waals surface area contributed by atoms with Gasteiger partial charge in [-0.1, -0.05) is 0 Å². The van der Waals surface area contributed by atoms with Gasteiger partial charge >= 0.3 is 0 Å². The number of likely N-dealkylation sites (tertiary alicyclic amines) is 1. The topological polar surface area (TPSA) is 47.0 Å². The Labute approximate surface area is 140 Å². The normalized spacial score (nSPS) is 25.3. The molecule has 1 amide bonds. The maximum absolute atomic E-state index is 13.5. The van der Waals surface area contributed by atoms with E-state index in [1.807, 2.05) is 0 Å². The van der Waals surface area contributed by atoms with Crippen molar-refractivity contribution in [2.24, 2.45) is 0 Å². The Morgan fingerprint density at radius 2 is 1.83 bits per heavy atom. The number of aliphatic hydroxyl groups excluding tert-OH is 1. The molecule has 2 fully saturated rings. The lowest BCUT2D eigenvalue weighted by molar-refractivity contribution is -0.133. The molecule has 1 N–H and O–H groups in total. The van der Waals surface area contributed by atoms with Gasteiger partial charge in [-0.05, 0) is 30.7 Å². The Kier molecular flexibility index (Phi) is 5.30. The van der Waals surface area contributed by atoms with E-state index in [0.717, 1.165) is 5.69 Å². The van der Waals surface area contributed by atoms with E-state index in [2.05, 4.69) is 4.90 Å². The second-order valence-corrected chi connectivity index (χ2v) is 6.44. The Bertz CT molecular complexity index is 561. The molecule has 2 aliphatic heterocycles. The first kappa shape index (κ1) is 17.1. The van der Waals surface area contributed by atoms with Crippen LogP contribution in [0, 0.1) is 5.82 Å². The molecular weight excluding hydrogens is 316 g/mol. The highest BCUT2D eigenvalue weighted by atomic mass is 19.1. The molecule has 24 heavy (non-hydrogen) atoms. The first-order valence-electron chi connectivity index (χ1n) is 8.34. The average Bonchev–Trinajstić information content (AvgIpc) is 2.95. The molecular formula is C17H23F2N3O2. The number of rotatable bonds is 4. The van der Waals surface area contributed by atoms with Crippen LogP contribution in [0.3, 0.4) is 0 Å². The van der Waals surface area contributed by atoms with Crippen LogP contribution >= 0.6 is 0 Å². The molecule has 2 atom stereocenters. The fourth-order valence-corrected chi connectivity index (χ4v) is 3.45. The maximum Gasteiger partial charge on any atom is 0.236 e. The maximum atomic E-state index is 13.5. The minimum Gasteiger partial charge on any atom is -0.395 e. The van der Waals surface area contributed by atoms with Crippen LogP contribution in [-0.4, -0.2) is 78.9 Å². The first-order chi connectivity index (χ1) is 11.6. The van der Waals surface area contributed by atoms with Crippen molar-refractivity contribution in [2.75, 3.05) is 50.8 Å². The van der Waals surface area contributed by atoms with E-state index in [0.29, 0.717) is 32.6 Å². The molecule has 0 radical (unpaired) electrons. The Morgan fingerprint density at radius 3 is 2.46 bits per heavy atom. The van der Waals surface area contributed by atoms with Gasteiger partial charge < -0.3 is 14.9 Å². The van der Waals surface area contributed by atoms with Crippen LogP contribution in [0.25, 0.3) is 0 Å². The number of aliphatic hydroxyl groups is 1. The molecule has 1 aromatic carbocycles. The molecule has 2 heterocycles. The summed E-state index contributed by atoms with van der Waals surface area (Å²) in [6.07, 6.45) is -0.674. The van der Waals surface area contributed by atoms with Crippen LogP contribution in [0.1, 0.15) is 6.42 Å². The molecule has 7 heteroatoms. The molecule has 0 aromatic heterocycles. The van der Waals surface area contributed by atoms with Crippen molar-refractivity contribution < 1.29 is 18.7 Å². The minimum absolute atomic E-state index is 0.0266. The lowest BCUT2D eigenvalue weighted by Crippen LogP contribution is -2.52. The van der Waals surface area contributed by atoms with E-state index in [1.165, 1.54) is 12.1 Å². The van der Waals surface area contributed by atoms with Gasteiger partial charge in [0.2, 0.25) is 5.91 Å². The van der Waals surface area contributed by atoms with Gasteiger partial charge in [-0.3, -0.25) is 9.69 Å². The highest BCUT2D eigenvalue weighted by Gasteiger charge is 2.34. The highest BCUT2D eigenvalue weighted by Crippen LogP contribution is 2.21. The number of halogens is 2. The van der Waals surface area contributed by atoms with Gasteiger partial charge in [-0.15, -0.1) is 0 Å². The van der Waals surface area contributed by atoms with Crippen molar-refractivity contribution in [3.63, 3.8) is 0 Å². The zero-order valence-corrected chi connectivity index (χ0v) is 13.6. The first-order valence-corrected chi connectivity index (χ1v) is 8.34. The van der Waals surface area contributed by atoms with Gasteiger partial charge in [-0.25, -0.2) is 8.78 Å². The van der Waals surface area contributed by atoms with Crippen molar-refractivity contribution >= 4 is 11.6 Å². The average molecular weight is 339 g/mol. The van der Waals surface area contributed by atoms with Gasteiger partial charge in [0.25, 0.3) is 0 Å². The summed E-state index contributed by atoms with van der Waals surface area (Å²) < 4.78 is 26.4. The summed E-state index contributed by atoms with van der Waals surface area (Å²) in [4.78, 5) is 18.1. The lowest BCUT2D eigenvalue weighted by atomic mass is 10.2. The third kappa shape index (κ3) is 3.84. The number of benzene rings is 1. The molecule has 132 valence electrons. The lowest BCUT2D eigenvalue weighted by Gasteiger charge is -2.37. The van der Waals surface area contributed by atoms with Gasteiger partial charge in [0, 0.05) is 44.5 Å². The van der Waals surface area contributed by atoms with E-state index in [1.54, 1.807) is 21.9 Å². The molecule has 0 aliphatic carbocycles. The molecule has 0 saturated carbocycles. The number of carbonyl (C=O) groups is 1. The number of alkyl halides is 1. The number of carbonyl (C=O) groups excluding carboxylic acids is 1. The van der Waals surface area contributed by atoms with Gasteiger partial charge in [0.1, 0.15) is 12.0 Å². The summed E-state index contributed by atoms with van der Waals surface area (Å²) in [5.41, 5.74) is 0.948. The van der Waals surface area contributed by atoms with Crippen LogP contribution in [0.4, 0.5) is 14.5 Å². The third-order valence-electron chi connectivity index (χ3n) is 4.85. The summed E-state index contributed by atoms with van der Waals surface area (Å²) in [6, 6.07) is 6.09.